The quantitative estimate of drug-likeness (QED) is 0.341. The molecule has 0 amide bonds. The summed E-state index contributed by atoms with van der Waals surface area (Å²) in [6, 6.07) is 5.11. The van der Waals surface area contributed by atoms with Crippen molar-refractivity contribution in [3.63, 3.8) is 0 Å². The van der Waals surface area contributed by atoms with Gasteiger partial charge in [-0.3, -0.25) is 15.0 Å². The maximum Gasteiger partial charge on any atom is 0.306 e. The molecule has 2 aromatic heterocycles. The van der Waals surface area contributed by atoms with E-state index in [1.165, 1.54) is 11.0 Å². The Morgan fingerprint density at radius 2 is 2.25 bits per heavy atom. The first kappa shape index (κ1) is 15.4. The molecular formula is C15H11FN6O2. The van der Waals surface area contributed by atoms with Gasteiger partial charge in [0.25, 0.3) is 0 Å². The van der Waals surface area contributed by atoms with Crippen molar-refractivity contribution in [3.05, 3.63) is 57.8 Å². The molecule has 0 atom stereocenters. The van der Waals surface area contributed by atoms with Crippen molar-refractivity contribution in [3.8, 4) is 6.19 Å². The van der Waals surface area contributed by atoms with Crippen molar-refractivity contribution in [2.24, 2.45) is 0 Å². The largest absolute Gasteiger partial charge is 0.339 e. The summed E-state index contributed by atoms with van der Waals surface area (Å²) in [6.07, 6.45) is 3.55. The van der Waals surface area contributed by atoms with Crippen LogP contribution in [0.1, 0.15) is 11.4 Å². The summed E-state index contributed by atoms with van der Waals surface area (Å²) in [5.41, 5.74) is 1.76. The van der Waals surface area contributed by atoms with Crippen LogP contribution in [0.15, 0.2) is 30.5 Å². The van der Waals surface area contributed by atoms with Gasteiger partial charge in [-0.05, 0) is 30.7 Å². The van der Waals surface area contributed by atoms with Gasteiger partial charge in [0.1, 0.15) is 5.82 Å². The summed E-state index contributed by atoms with van der Waals surface area (Å²) >= 11 is 0. The molecule has 0 radical (unpaired) electrons. The maximum atomic E-state index is 13.4. The van der Waals surface area contributed by atoms with Crippen LogP contribution in [0.25, 0.3) is 11.2 Å². The van der Waals surface area contributed by atoms with Gasteiger partial charge in [-0.15, -0.1) is 0 Å². The van der Waals surface area contributed by atoms with Gasteiger partial charge in [0.2, 0.25) is 5.82 Å². The lowest BCUT2D eigenvalue weighted by Crippen LogP contribution is -2.17. The second-order valence-electron chi connectivity index (χ2n) is 5.09. The first-order valence-electron chi connectivity index (χ1n) is 6.91. The fourth-order valence-electron chi connectivity index (χ4n) is 2.30. The highest BCUT2D eigenvalue weighted by Gasteiger charge is 2.18. The topological polar surface area (TPSA) is 112 Å². The van der Waals surface area contributed by atoms with Crippen molar-refractivity contribution in [2.45, 2.75) is 13.5 Å². The van der Waals surface area contributed by atoms with E-state index in [-0.39, 0.29) is 12.2 Å². The SMILES string of the molecule is Cc1ccnc2nc(CN(C#N)c3ccc(F)c([N+](=O)[O-])c3)[nH]c12. The van der Waals surface area contributed by atoms with Crippen molar-refractivity contribution in [1.82, 2.24) is 15.0 Å². The molecule has 0 saturated heterocycles. The van der Waals surface area contributed by atoms with Crippen LogP contribution in [0, 0.1) is 34.3 Å². The monoisotopic (exact) mass is 326 g/mol. The fraction of sp³-hybridized carbons (Fsp3) is 0.133. The summed E-state index contributed by atoms with van der Waals surface area (Å²) in [5, 5.41) is 20.2. The predicted octanol–water partition coefficient (Wildman–Crippen LogP) is 2.80. The summed E-state index contributed by atoms with van der Waals surface area (Å²) < 4.78 is 13.4. The van der Waals surface area contributed by atoms with Gasteiger partial charge < -0.3 is 4.98 Å². The third-order valence-corrected chi connectivity index (χ3v) is 3.52. The summed E-state index contributed by atoms with van der Waals surface area (Å²) in [4.78, 5) is 22.7. The first-order chi connectivity index (χ1) is 11.5. The molecule has 3 aromatic rings. The molecule has 0 saturated carbocycles. The van der Waals surface area contributed by atoms with E-state index >= 15 is 0 Å². The van der Waals surface area contributed by atoms with Crippen molar-refractivity contribution in [2.75, 3.05) is 4.90 Å². The number of fused-ring (bicyclic) bond motifs is 1. The summed E-state index contributed by atoms with van der Waals surface area (Å²) in [7, 11) is 0. The molecule has 0 unspecified atom stereocenters. The molecule has 0 bridgehead atoms. The third kappa shape index (κ3) is 2.72. The normalized spacial score (nSPS) is 10.5. The molecule has 2 heterocycles. The number of hydrogen-bond acceptors (Lipinski definition) is 6. The molecule has 8 nitrogen and oxygen atoms in total. The van der Waals surface area contributed by atoms with E-state index in [0.717, 1.165) is 23.2 Å². The van der Waals surface area contributed by atoms with Crippen LogP contribution < -0.4 is 4.90 Å². The molecular weight excluding hydrogens is 315 g/mol. The second-order valence-corrected chi connectivity index (χ2v) is 5.09. The number of nitriles is 1. The minimum atomic E-state index is -0.954. The number of rotatable bonds is 4. The van der Waals surface area contributed by atoms with Crippen LogP contribution in [0.3, 0.4) is 0 Å². The number of aromatic amines is 1. The lowest BCUT2D eigenvalue weighted by molar-refractivity contribution is -0.387. The Labute approximate surface area is 135 Å². The Balaban J connectivity index is 1.94. The second kappa shape index (κ2) is 5.92. The Bertz CT molecular complexity index is 978. The van der Waals surface area contributed by atoms with Crippen LogP contribution in [0.2, 0.25) is 0 Å². The number of anilines is 1. The number of halogens is 1. The van der Waals surface area contributed by atoms with Gasteiger partial charge in [0.15, 0.2) is 11.8 Å². The van der Waals surface area contributed by atoms with Gasteiger partial charge in [-0.25, -0.2) is 9.97 Å². The summed E-state index contributed by atoms with van der Waals surface area (Å²) in [6.45, 7) is 1.95. The zero-order valence-corrected chi connectivity index (χ0v) is 12.5. The lowest BCUT2D eigenvalue weighted by atomic mass is 10.2. The standard InChI is InChI=1S/C15H11FN6O2/c1-9-4-5-18-15-14(9)19-13(20-15)7-21(8-17)10-2-3-11(16)12(6-10)22(23)24/h2-6H,7H2,1H3,(H,18,19,20). The van der Waals surface area contributed by atoms with E-state index in [0.29, 0.717) is 11.5 Å². The number of nitrogens with one attached hydrogen (secondary N) is 1. The van der Waals surface area contributed by atoms with Gasteiger partial charge in [0.05, 0.1) is 22.7 Å². The Hall–Kier alpha value is -3.54. The molecule has 3 rings (SSSR count). The molecule has 120 valence electrons. The molecule has 1 N–H and O–H groups in total. The highest BCUT2D eigenvalue weighted by molar-refractivity contribution is 5.74. The molecule has 9 heteroatoms. The average molecular weight is 326 g/mol. The number of benzene rings is 1. The Morgan fingerprint density at radius 3 is 2.92 bits per heavy atom. The van der Waals surface area contributed by atoms with E-state index in [1.54, 1.807) is 6.20 Å². The van der Waals surface area contributed by atoms with Gasteiger partial charge in [-0.1, -0.05) is 0 Å². The number of pyridine rings is 1. The van der Waals surface area contributed by atoms with E-state index in [2.05, 4.69) is 15.0 Å². The molecule has 24 heavy (non-hydrogen) atoms. The number of nitro groups is 1. The maximum absolute atomic E-state index is 13.4. The number of aromatic nitrogens is 3. The van der Waals surface area contributed by atoms with Crippen molar-refractivity contribution < 1.29 is 9.31 Å². The van der Waals surface area contributed by atoms with Crippen LogP contribution in [-0.4, -0.2) is 19.9 Å². The van der Waals surface area contributed by atoms with Crippen molar-refractivity contribution in [1.29, 1.82) is 5.26 Å². The van der Waals surface area contributed by atoms with Crippen molar-refractivity contribution >= 4 is 22.5 Å². The number of nitrogens with zero attached hydrogens (tertiary/aromatic N) is 5. The molecule has 0 aliphatic carbocycles. The van der Waals surface area contributed by atoms with Gasteiger partial charge in [0, 0.05) is 12.3 Å². The van der Waals surface area contributed by atoms with Gasteiger partial charge in [-0.2, -0.15) is 9.65 Å². The lowest BCUT2D eigenvalue weighted by Gasteiger charge is -2.13. The molecule has 0 spiro atoms. The number of H-pyrrole nitrogens is 1. The zero-order valence-electron chi connectivity index (χ0n) is 12.5. The number of hydrogen-bond donors (Lipinski definition) is 1. The molecule has 0 aliphatic heterocycles. The number of aryl methyl sites for hydroxylation is 1. The van der Waals surface area contributed by atoms with Crippen LogP contribution in [-0.2, 0) is 6.54 Å². The molecule has 0 aliphatic rings. The zero-order chi connectivity index (χ0) is 17.3. The fourth-order valence-corrected chi connectivity index (χ4v) is 2.30. The number of imidazole rings is 1. The van der Waals surface area contributed by atoms with E-state index < -0.39 is 16.4 Å². The molecule has 1 aromatic carbocycles. The number of nitro benzene ring substituents is 1. The van der Waals surface area contributed by atoms with E-state index in [4.69, 9.17) is 0 Å². The highest BCUT2D eigenvalue weighted by atomic mass is 19.1. The van der Waals surface area contributed by atoms with Crippen LogP contribution in [0.4, 0.5) is 15.8 Å². The average Bonchev–Trinajstić information content (AvgIpc) is 2.97. The third-order valence-electron chi connectivity index (χ3n) is 3.52. The summed E-state index contributed by atoms with van der Waals surface area (Å²) in [5.74, 6) is -0.481. The first-order valence-corrected chi connectivity index (χ1v) is 6.91. The van der Waals surface area contributed by atoms with E-state index in [9.17, 15) is 19.8 Å². The Morgan fingerprint density at radius 1 is 1.46 bits per heavy atom. The highest BCUT2D eigenvalue weighted by Crippen LogP contribution is 2.25. The minimum absolute atomic E-state index is 0.0507. The van der Waals surface area contributed by atoms with Gasteiger partial charge >= 0.3 is 5.69 Å². The molecule has 0 fully saturated rings. The van der Waals surface area contributed by atoms with Crippen LogP contribution in [0.5, 0.6) is 0 Å². The van der Waals surface area contributed by atoms with Crippen LogP contribution >= 0.6 is 0 Å². The van der Waals surface area contributed by atoms with E-state index in [1.807, 2.05) is 19.2 Å². The minimum Gasteiger partial charge on any atom is -0.339 e. The Kier molecular flexibility index (Phi) is 3.79. The smallest absolute Gasteiger partial charge is 0.306 e. The predicted molar refractivity (Wildman–Crippen MR) is 83.5 cm³/mol.